The Morgan fingerprint density at radius 3 is 2.63 bits per heavy atom. The fraction of sp³-hybridized carbons (Fsp3) is 0.385. The lowest BCUT2D eigenvalue weighted by atomic mass is 10.2. The van der Waals surface area contributed by atoms with E-state index >= 15 is 0 Å². The molecule has 4 nitrogen and oxygen atoms in total. The van der Waals surface area contributed by atoms with Gasteiger partial charge in [0.25, 0.3) is 5.91 Å². The first kappa shape index (κ1) is 16.0. The lowest BCUT2D eigenvalue weighted by Gasteiger charge is -2.20. The van der Waals surface area contributed by atoms with Crippen LogP contribution in [-0.4, -0.2) is 37.0 Å². The van der Waals surface area contributed by atoms with Gasteiger partial charge in [-0.1, -0.05) is 11.6 Å². The highest BCUT2D eigenvalue weighted by Crippen LogP contribution is 2.23. The summed E-state index contributed by atoms with van der Waals surface area (Å²) in [6, 6.07) is 4.99. The van der Waals surface area contributed by atoms with Crippen molar-refractivity contribution in [2.45, 2.75) is 13.3 Å². The molecule has 0 saturated heterocycles. The SMILES string of the molecule is CCN(CCC(=O)OC)C(=O)c1ccc(Cl)c(Br)c1. The van der Waals surface area contributed by atoms with E-state index in [0.717, 1.165) is 0 Å². The van der Waals surface area contributed by atoms with Gasteiger partial charge in [0.1, 0.15) is 0 Å². The molecule has 104 valence electrons. The standard InChI is InChI=1S/C13H15BrClNO3/c1-3-16(7-6-12(17)19-2)13(18)9-4-5-11(15)10(14)8-9/h4-5,8H,3,6-7H2,1-2H3. The number of carbonyl (C=O) groups excluding carboxylic acids is 2. The fourth-order valence-corrected chi connectivity index (χ4v) is 2.04. The zero-order valence-corrected chi connectivity index (χ0v) is 13.1. The number of nitrogens with zero attached hydrogens (tertiary/aromatic N) is 1. The van der Waals surface area contributed by atoms with Crippen molar-refractivity contribution in [2.24, 2.45) is 0 Å². The summed E-state index contributed by atoms with van der Waals surface area (Å²) in [4.78, 5) is 24.9. The molecule has 0 aromatic heterocycles. The van der Waals surface area contributed by atoms with E-state index in [0.29, 0.717) is 28.1 Å². The first-order valence-electron chi connectivity index (χ1n) is 5.80. The van der Waals surface area contributed by atoms with E-state index in [1.165, 1.54) is 7.11 Å². The Morgan fingerprint density at radius 2 is 2.11 bits per heavy atom. The maximum Gasteiger partial charge on any atom is 0.307 e. The number of benzene rings is 1. The Labute approximate surface area is 125 Å². The third kappa shape index (κ3) is 4.51. The Hall–Kier alpha value is -1.07. The number of halogens is 2. The van der Waals surface area contributed by atoms with E-state index in [9.17, 15) is 9.59 Å². The third-order valence-corrected chi connectivity index (χ3v) is 3.86. The highest BCUT2D eigenvalue weighted by Gasteiger charge is 2.16. The van der Waals surface area contributed by atoms with Crippen LogP contribution in [0.15, 0.2) is 22.7 Å². The molecule has 0 saturated carbocycles. The smallest absolute Gasteiger partial charge is 0.307 e. The molecule has 0 N–H and O–H groups in total. The highest BCUT2D eigenvalue weighted by molar-refractivity contribution is 9.10. The second kappa shape index (κ2) is 7.50. The summed E-state index contributed by atoms with van der Waals surface area (Å²) < 4.78 is 5.23. The fourth-order valence-electron chi connectivity index (χ4n) is 1.54. The van der Waals surface area contributed by atoms with Gasteiger partial charge in [-0.25, -0.2) is 0 Å². The predicted molar refractivity (Wildman–Crippen MR) is 77.4 cm³/mol. The number of ether oxygens (including phenoxy) is 1. The third-order valence-electron chi connectivity index (χ3n) is 2.65. The van der Waals surface area contributed by atoms with E-state index in [1.807, 2.05) is 6.92 Å². The summed E-state index contributed by atoms with van der Waals surface area (Å²) in [5.41, 5.74) is 0.531. The van der Waals surface area contributed by atoms with E-state index in [-0.39, 0.29) is 18.3 Å². The molecule has 0 fully saturated rings. The molecule has 0 radical (unpaired) electrons. The van der Waals surface area contributed by atoms with Crippen LogP contribution >= 0.6 is 27.5 Å². The molecule has 0 aliphatic rings. The largest absolute Gasteiger partial charge is 0.469 e. The predicted octanol–water partition coefficient (Wildman–Crippen LogP) is 3.13. The molecule has 6 heteroatoms. The van der Waals surface area contributed by atoms with Crippen LogP contribution in [0.3, 0.4) is 0 Å². The molecule has 0 heterocycles. The molecule has 0 aliphatic carbocycles. The molecule has 0 bridgehead atoms. The van der Waals surface area contributed by atoms with Gasteiger partial charge in [-0.3, -0.25) is 9.59 Å². The second-order valence-electron chi connectivity index (χ2n) is 3.84. The number of amides is 1. The molecule has 19 heavy (non-hydrogen) atoms. The molecule has 1 rings (SSSR count). The number of rotatable bonds is 5. The van der Waals surface area contributed by atoms with Crippen molar-refractivity contribution in [3.05, 3.63) is 33.3 Å². The summed E-state index contributed by atoms with van der Waals surface area (Å²) in [5.74, 6) is -0.465. The molecule has 0 atom stereocenters. The van der Waals surface area contributed by atoms with Crippen LogP contribution in [0, 0.1) is 0 Å². The first-order chi connectivity index (χ1) is 8.99. The van der Waals surface area contributed by atoms with Crippen molar-refractivity contribution in [1.82, 2.24) is 4.90 Å². The number of methoxy groups -OCH3 is 1. The lowest BCUT2D eigenvalue weighted by molar-refractivity contribution is -0.140. The van der Waals surface area contributed by atoms with Crippen LogP contribution in [0.2, 0.25) is 5.02 Å². The van der Waals surface area contributed by atoms with Crippen LogP contribution in [0.5, 0.6) is 0 Å². The second-order valence-corrected chi connectivity index (χ2v) is 5.10. The Morgan fingerprint density at radius 1 is 1.42 bits per heavy atom. The summed E-state index contributed by atoms with van der Waals surface area (Å²) in [7, 11) is 1.33. The summed E-state index contributed by atoms with van der Waals surface area (Å²) >= 11 is 9.17. The molecule has 1 amide bonds. The molecular weight excluding hydrogens is 334 g/mol. The highest BCUT2D eigenvalue weighted by atomic mass is 79.9. The van der Waals surface area contributed by atoms with Gasteiger partial charge in [-0.2, -0.15) is 0 Å². The zero-order valence-electron chi connectivity index (χ0n) is 10.8. The van der Waals surface area contributed by atoms with Gasteiger partial charge in [-0.05, 0) is 41.1 Å². The van der Waals surface area contributed by atoms with E-state index in [2.05, 4.69) is 20.7 Å². The van der Waals surface area contributed by atoms with Gasteiger partial charge in [0.05, 0.1) is 18.6 Å². The molecule has 0 spiro atoms. The van der Waals surface area contributed by atoms with Crippen molar-refractivity contribution in [3.63, 3.8) is 0 Å². The number of carbonyl (C=O) groups is 2. The molecule has 0 unspecified atom stereocenters. The summed E-state index contributed by atoms with van der Waals surface area (Å²) in [6.07, 6.45) is 0.185. The van der Waals surface area contributed by atoms with Gasteiger partial charge >= 0.3 is 5.97 Å². The molecule has 1 aromatic carbocycles. The zero-order chi connectivity index (χ0) is 14.4. The minimum Gasteiger partial charge on any atom is -0.469 e. The number of esters is 1. The van der Waals surface area contributed by atoms with E-state index in [1.54, 1.807) is 23.1 Å². The Balaban J connectivity index is 2.77. The topological polar surface area (TPSA) is 46.6 Å². The van der Waals surface area contributed by atoms with Crippen LogP contribution in [0.1, 0.15) is 23.7 Å². The van der Waals surface area contributed by atoms with Crippen molar-refractivity contribution in [1.29, 1.82) is 0 Å². The van der Waals surface area contributed by atoms with Crippen LogP contribution < -0.4 is 0 Å². The molecule has 0 aliphatic heterocycles. The van der Waals surface area contributed by atoms with Crippen LogP contribution in [0.25, 0.3) is 0 Å². The molecule has 1 aromatic rings. The maximum absolute atomic E-state index is 12.3. The molecular formula is C13H15BrClNO3. The normalized spacial score (nSPS) is 10.1. The summed E-state index contributed by atoms with van der Waals surface area (Å²) in [6.45, 7) is 2.72. The maximum atomic E-state index is 12.3. The minimum atomic E-state index is -0.330. The van der Waals surface area contributed by atoms with Crippen molar-refractivity contribution >= 4 is 39.4 Å². The first-order valence-corrected chi connectivity index (χ1v) is 6.97. The Kier molecular flexibility index (Phi) is 6.31. The van der Waals surface area contributed by atoms with Gasteiger partial charge in [0.15, 0.2) is 0 Å². The van der Waals surface area contributed by atoms with E-state index < -0.39 is 0 Å². The Bertz CT molecular complexity index is 479. The van der Waals surface area contributed by atoms with Gasteiger partial charge in [0, 0.05) is 23.1 Å². The van der Waals surface area contributed by atoms with Crippen molar-refractivity contribution < 1.29 is 14.3 Å². The minimum absolute atomic E-state index is 0.135. The van der Waals surface area contributed by atoms with E-state index in [4.69, 9.17) is 11.6 Å². The van der Waals surface area contributed by atoms with Crippen LogP contribution in [-0.2, 0) is 9.53 Å². The van der Waals surface area contributed by atoms with Gasteiger partial charge < -0.3 is 9.64 Å². The van der Waals surface area contributed by atoms with Crippen LogP contribution in [0.4, 0.5) is 0 Å². The number of hydrogen-bond acceptors (Lipinski definition) is 3. The summed E-state index contributed by atoms with van der Waals surface area (Å²) in [5, 5.41) is 0.550. The average Bonchev–Trinajstić information content (AvgIpc) is 2.41. The number of hydrogen-bond donors (Lipinski definition) is 0. The van der Waals surface area contributed by atoms with Crippen molar-refractivity contribution in [2.75, 3.05) is 20.2 Å². The quantitative estimate of drug-likeness (QED) is 0.768. The van der Waals surface area contributed by atoms with Crippen molar-refractivity contribution in [3.8, 4) is 0 Å². The van der Waals surface area contributed by atoms with Gasteiger partial charge in [0.2, 0.25) is 0 Å². The average molecular weight is 349 g/mol. The monoisotopic (exact) mass is 347 g/mol. The lowest BCUT2D eigenvalue weighted by Crippen LogP contribution is -2.33. The van der Waals surface area contributed by atoms with Gasteiger partial charge in [-0.15, -0.1) is 0 Å².